The second kappa shape index (κ2) is 10.1. The average Bonchev–Trinajstić information content (AvgIpc) is 2.82. The highest BCUT2D eigenvalue weighted by atomic mass is 16.3. The van der Waals surface area contributed by atoms with Crippen LogP contribution in [-0.2, 0) is 4.79 Å². The van der Waals surface area contributed by atoms with Crippen molar-refractivity contribution in [3.63, 3.8) is 0 Å². The third-order valence-corrected chi connectivity index (χ3v) is 9.03. The van der Waals surface area contributed by atoms with Gasteiger partial charge in [0, 0.05) is 30.4 Å². The van der Waals surface area contributed by atoms with Crippen molar-refractivity contribution in [2.24, 2.45) is 29.1 Å². The molecule has 0 bridgehead atoms. The molecule has 3 N–H and O–H groups in total. The average molecular weight is 457 g/mol. The van der Waals surface area contributed by atoms with E-state index in [2.05, 4.69) is 34.4 Å². The Hall–Kier alpha value is -2.02. The molecule has 0 aliphatic heterocycles. The first kappa shape index (κ1) is 24.1. The molecule has 1 aromatic rings. The maximum absolute atomic E-state index is 13.1. The van der Waals surface area contributed by atoms with E-state index in [0.717, 1.165) is 38.5 Å². The van der Waals surface area contributed by atoms with Gasteiger partial charge >= 0.3 is 0 Å². The first-order chi connectivity index (χ1) is 15.8. The van der Waals surface area contributed by atoms with E-state index >= 15 is 0 Å². The summed E-state index contributed by atoms with van der Waals surface area (Å²) in [5.41, 5.74) is 0.486. The number of nitrogens with zero attached hydrogens (tertiary/aromatic N) is 2. The molecular weight excluding hydrogens is 416 g/mol. The minimum Gasteiger partial charge on any atom is -0.392 e. The van der Waals surface area contributed by atoms with E-state index in [9.17, 15) is 14.7 Å². The molecule has 0 spiro atoms. The highest BCUT2D eigenvalue weighted by Crippen LogP contribution is 2.55. The minimum absolute atomic E-state index is 0.0180. The lowest BCUT2D eigenvalue weighted by Gasteiger charge is -2.56. The predicted molar refractivity (Wildman–Crippen MR) is 126 cm³/mol. The van der Waals surface area contributed by atoms with Gasteiger partial charge in [-0.3, -0.25) is 9.59 Å². The van der Waals surface area contributed by atoms with Crippen LogP contribution in [0.3, 0.4) is 0 Å². The SMILES string of the molecule is CC(C(=O)NC1CCCCC1)C1CCC2(C)CCC(NC(=O)c3cncnc3)C(C)C2C1O. The molecule has 7 nitrogen and oxygen atoms in total. The summed E-state index contributed by atoms with van der Waals surface area (Å²) in [6, 6.07) is 0.269. The van der Waals surface area contributed by atoms with Crippen LogP contribution in [0.1, 0.15) is 88.9 Å². The van der Waals surface area contributed by atoms with Gasteiger partial charge < -0.3 is 15.7 Å². The Kier molecular flexibility index (Phi) is 7.37. The van der Waals surface area contributed by atoms with Crippen molar-refractivity contribution < 1.29 is 14.7 Å². The van der Waals surface area contributed by atoms with Gasteiger partial charge in [-0.25, -0.2) is 9.97 Å². The number of fused-ring (bicyclic) bond motifs is 1. The Bertz CT molecular complexity index is 828. The number of nitrogens with one attached hydrogen (secondary N) is 2. The van der Waals surface area contributed by atoms with Crippen LogP contribution in [-0.4, -0.2) is 45.1 Å². The maximum atomic E-state index is 13.1. The van der Waals surface area contributed by atoms with Crippen LogP contribution in [0.25, 0.3) is 0 Å². The summed E-state index contributed by atoms with van der Waals surface area (Å²) < 4.78 is 0. The van der Waals surface area contributed by atoms with Crippen LogP contribution >= 0.6 is 0 Å². The number of amides is 2. The van der Waals surface area contributed by atoms with Crippen molar-refractivity contribution in [2.45, 2.75) is 96.7 Å². The highest BCUT2D eigenvalue weighted by molar-refractivity contribution is 5.93. The number of aliphatic hydroxyl groups excluding tert-OH is 1. The molecule has 7 heteroatoms. The summed E-state index contributed by atoms with van der Waals surface area (Å²) in [6.45, 7) is 6.41. The molecule has 7 unspecified atom stereocenters. The predicted octanol–water partition coefficient (Wildman–Crippen LogP) is 3.48. The minimum atomic E-state index is -0.550. The number of carbonyl (C=O) groups is 2. The summed E-state index contributed by atoms with van der Waals surface area (Å²) in [5, 5.41) is 18.0. The lowest BCUT2D eigenvalue weighted by Crippen LogP contribution is -2.58. The molecule has 3 aliphatic rings. The number of aliphatic hydroxyl groups is 1. The van der Waals surface area contributed by atoms with Crippen molar-refractivity contribution in [3.8, 4) is 0 Å². The van der Waals surface area contributed by atoms with Gasteiger partial charge in [0.2, 0.25) is 5.91 Å². The number of hydrogen-bond donors (Lipinski definition) is 3. The largest absolute Gasteiger partial charge is 0.392 e. The Labute approximate surface area is 197 Å². The number of aromatic nitrogens is 2. The van der Waals surface area contributed by atoms with Crippen molar-refractivity contribution in [1.82, 2.24) is 20.6 Å². The van der Waals surface area contributed by atoms with E-state index in [4.69, 9.17) is 0 Å². The van der Waals surface area contributed by atoms with Crippen molar-refractivity contribution in [3.05, 3.63) is 24.3 Å². The molecular formula is C26H40N4O3. The van der Waals surface area contributed by atoms with Gasteiger partial charge in [-0.05, 0) is 61.7 Å². The van der Waals surface area contributed by atoms with Crippen LogP contribution in [0.15, 0.2) is 18.7 Å². The van der Waals surface area contributed by atoms with E-state index in [1.807, 2.05) is 6.92 Å². The fourth-order valence-corrected chi connectivity index (χ4v) is 6.94. The summed E-state index contributed by atoms with van der Waals surface area (Å²) in [7, 11) is 0. The number of hydrogen-bond acceptors (Lipinski definition) is 5. The Morgan fingerprint density at radius 1 is 1.06 bits per heavy atom. The smallest absolute Gasteiger partial charge is 0.254 e. The highest BCUT2D eigenvalue weighted by Gasteiger charge is 2.54. The molecule has 182 valence electrons. The molecule has 7 atom stereocenters. The molecule has 1 aromatic heterocycles. The van der Waals surface area contributed by atoms with E-state index in [-0.39, 0.29) is 53.0 Å². The number of carbonyl (C=O) groups excluding carboxylic acids is 2. The molecule has 1 heterocycles. The van der Waals surface area contributed by atoms with E-state index < -0.39 is 6.10 Å². The van der Waals surface area contributed by atoms with E-state index in [1.165, 1.54) is 38.0 Å². The molecule has 4 rings (SSSR count). The van der Waals surface area contributed by atoms with Gasteiger partial charge in [0.1, 0.15) is 6.33 Å². The molecule has 3 saturated carbocycles. The van der Waals surface area contributed by atoms with Crippen molar-refractivity contribution in [2.75, 3.05) is 0 Å². The van der Waals surface area contributed by atoms with E-state index in [0.29, 0.717) is 5.56 Å². The van der Waals surface area contributed by atoms with Crippen LogP contribution < -0.4 is 10.6 Å². The third-order valence-electron chi connectivity index (χ3n) is 9.03. The van der Waals surface area contributed by atoms with Gasteiger partial charge in [-0.15, -0.1) is 0 Å². The first-order valence-electron chi connectivity index (χ1n) is 12.8. The molecule has 3 fully saturated rings. The molecule has 33 heavy (non-hydrogen) atoms. The summed E-state index contributed by atoms with van der Waals surface area (Å²) in [6.07, 6.45) is 13.4. The quantitative estimate of drug-likeness (QED) is 0.629. The van der Waals surface area contributed by atoms with Crippen LogP contribution in [0, 0.1) is 29.1 Å². The molecule has 3 aliphatic carbocycles. The maximum Gasteiger partial charge on any atom is 0.254 e. The summed E-state index contributed by atoms with van der Waals surface area (Å²) >= 11 is 0. The summed E-state index contributed by atoms with van der Waals surface area (Å²) in [5.74, 6) is -0.178. The van der Waals surface area contributed by atoms with E-state index in [1.54, 1.807) is 0 Å². The Morgan fingerprint density at radius 3 is 2.42 bits per heavy atom. The standard InChI is InChI=1S/C26H40N4O3/c1-16(24(32)29-19-7-5-4-6-8-19)20-9-11-26(3)12-10-21(17(2)22(26)23(20)31)30-25(33)18-13-27-15-28-14-18/h13-17,19-23,31H,4-12H2,1-3H3,(H,29,32)(H,30,33). The van der Waals surface area contributed by atoms with Crippen LogP contribution in [0.4, 0.5) is 0 Å². The Balaban J connectivity index is 1.43. The lowest BCUT2D eigenvalue weighted by atomic mass is 9.51. The molecule has 0 aromatic carbocycles. The normalized spacial score (nSPS) is 35.8. The van der Waals surface area contributed by atoms with Gasteiger partial charge in [0.15, 0.2) is 0 Å². The zero-order chi connectivity index (χ0) is 23.6. The molecule has 2 amide bonds. The molecule has 0 radical (unpaired) electrons. The van der Waals surface area contributed by atoms with Gasteiger partial charge in [-0.2, -0.15) is 0 Å². The second-order valence-corrected chi connectivity index (χ2v) is 11.1. The molecule has 0 saturated heterocycles. The fraction of sp³-hybridized carbons (Fsp3) is 0.769. The lowest BCUT2D eigenvalue weighted by molar-refractivity contribution is -0.142. The fourth-order valence-electron chi connectivity index (χ4n) is 6.94. The Morgan fingerprint density at radius 2 is 1.73 bits per heavy atom. The third kappa shape index (κ3) is 5.08. The monoisotopic (exact) mass is 456 g/mol. The van der Waals surface area contributed by atoms with Crippen molar-refractivity contribution in [1.29, 1.82) is 0 Å². The topological polar surface area (TPSA) is 104 Å². The summed E-state index contributed by atoms with van der Waals surface area (Å²) in [4.78, 5) is 33.7. The van der Waals surface area contributed by atoms with Crippen LogP contribution in [0.2, 0.25) is 0 Å². The zero-order valence-electron chi connectivity index (χ0n) is 20.3. The van der Waals surface area contributed by atoms with Gasteiger partial charge in [0.05, 0.1) is 11.7 Å². The zero-order valence-corrected chi connectivity index (χ0v) is 20.3. The van der Waals surface area contributed by atoms with Crippen molar-refractivity contribution >= 4 is 11.8 Å². The second-order valence-electron chi connectivity index (χ2n) is 11.1. The van der Waals surface area contributed by atoms with Crippen LogP contribution in [0.5, 0.6) is 0 Å². The van der Waals surface area contributed by atoms with Gasteiger partial charge in [-0.1, -0.05) is 40.0 Å². The number of rotatable bonds is 5. The van der Waals surface area contributed by atoms with Gasteiger partial charge in [0.25, 0.3) is 5.91 Å². The first-order valence-corrected chi connectivity index (χ1v) is 12.8.